The van der Waals surface area contributed by atoms with Gasteiger partial charge in [0.05, 0.1) is 17.2 Å². The third-order valence-corrected chi connectivity index (χ3v) is 4.74. The van der Waals surface area contributed by atoms with E-state index in [1.807, 2.05) is 0 Å². The van der Waals surface area contributed by atoms with E-state index < -0.39 is 6.10 Å². The first kappa shape index (κ1) is 16.4. The molecule has 0 aromatic heterocycles. The van der Waals surface area contributed by atoms with Crippen LogP contribution in [0.3, 0.4) is 0 Å². The minimum Gasteiger partial charge on any atom is -0.486 e. The minimum absolute atomic E-state index is 0.127. The molecule has 0 saturated heterocycles. The SMILES string of the molecule is N#C[C@@H]1CCC[C@H](NC[C@@H](O)c2cc(Cl)c3c(c2)OCCO3)C1. The number of nitrogens with one attached hydrogen (secondary N) is 1. The zero-order valence-electron chi connectivity index (χ0n) is 12.9. The molecule has 124 valence electrons. The van der Waals surface area contributed by atoms with E-state index in [4.69, 9.17) is 26.3 Å². The van der Waals surface area contributed by atoms with E-state index in [0.717, 1.165) is 25.7 Å². The molecule has 23 heavy (non-hydrogen) atoms. The third-order valence-electron chi connectivity index (χ3n) is 4.46. The number of aliphatic hydroxyl groups excluding tert-OH is 1. The van der Waals surface area contributed by atoms with Gasteiger partial charge in [-0.3, -0.25) is 0 Å². The summed E-state index contributed by atoms with van der Waals surface area (Å²) in [7, 11) is 0. The van der Waals surface area contributed by atoms with E-state index in [2.05, 4.69) is 11.4 Å². The normalized spacial score (nSPS) is 24.7. The highest BCUT2D eigenvalue weighted by atomic mass is 35.5. The van der Waals surface area contributed by atoms with Gasteiger partial charge in [-0.2, -0.15) is 5.26 Å². The number of aliphatic hydroxyl groups is 1. The molecule has 2 N–H and O–H groups in total. The summed E-state index contributed by atoms with van der Waals surface area (Å²) in [6, 6.07) is 6.14. The Labute approximate surface area is 141 Å². The molecule has 0 bridgehead atoms. The maximum absolute atomic E-state index is 10.4. The zero-order chi connectivity index (χ0) is 16.2. The molecule has 3 atom stereocenters. The van der Waals surface area contributed by atoms with Gasteiger partial charge in [-0.15, -0.1) is 0 Å². The van der Waals surface area contributed by atoms with Crippen molar-refractivity contribution in [3.05, 3.63) is 22.7 Å². The average molecular weight is 337 g/mol. The summed E-state index contributed by atoms with van der Waals surface area (Å²) < 4.78 is 11.0. The van der Waals surface area contributed by atoms with Crippen LogP contribution in [0.15, 0.2) is 12.1 Å². The Morgan fingerprint density at radius 1 is 1.35 bits per heavy atom. The van der Waals surface area contributed by atoms with Crippen molar-refractivity contribution < 1.29 is 14.6 Å². The molecule has 3 rings (SSSR count). The van der Waals surface area contributed by atoms with Gasteiger partial charge in [-0.25, -0.2) is 0 Å². The molecule has 1 aliphatic carbocycles. The Morgan fingerprint density at radius 3 is 3.00 bits per heavy atom. The molecule has 1 heterocycles. The fraction of sp³-hybridized carbons (Fsp3) is 0.588. The van der Waals surface area contributed by atoms with Crippen LogP contribution in [0.25, 0.3) is 0 Å². The summed E-state index contributed by atoms with van der Waals surface area (Å²) >= 11 is 6.21. The molecule has 0 spiro atoms. The smallest absolute Gasteiger partial charge is 0.179 e. The fourth-order valence-electron chi connectivity index (χ4n) is 3.21. The molecule has 0 radical (unpaired) electrons. The second-order valence-electron chi connectivity index (χ2n) is 6.14. The first-order valence-corrected chi connectivity index (χ1v) is 8.45. The van der Waals surface area contributed by atoms with Crippen molar-refractivity contribution in [2.24, 2.45) is 5.92 Å². The number of nitriles is 1. The molecule has 1 saturated carbocycles. The van der Waals surface area contributed by atoms with Crippen molar-refractivity contribution in [3.8, 4) is 17.6 Å². The molecule has 1 fully saturated rings. The lowest BCUT2D eigenvalue weighted by Gasteiger charge is -2.27. The summed E-state index contributed by atoms with van der Waals surface area (Å²) in [6.45, 7) is 1.40. The van der Waals surface area contributed by atoms with Crippen LogP contribution in [-0.2, 0) is 0 Å². The van der Waals surface area contributed by atoms with Crippen molar-refractivity contribution >= 4 is 11.6 Å². The predicted octanol–water partition coefficient (Wildman–Crippen LogP) is 2.82. The summed E-state index contributed by atoms with van der Waals surface area (Å²) in [5, 5.41) is 23.3. The highest BCUT2D eigenvalue weighted by Crippen LogP contribution is 2.39. The Morgan fingerprint density at radius 2 is 2.17 bits per heavy atom. The van der Waals surface area contributed by atoms with Crippen molar-refractivity contribution in [2.75, 3.05) is 19.8 Å². The van der Waals surface area contributed by atoms with Crippen molar-refractivity contribution in [2.45, 2.75) is 37.8 Å². The van der Waals surface area contributed by atoms with Crippen molar-refractivity contribution in [1.82, 2.24) is 5.32 Å². The Hall–Kier alpha value is -1.48. The number of benzene rings is 1. The monoisotopic (exact) mass is 336 g/mol. The molecule has 0 unspecified atom stereocenters. The van der Waals surface area contributed by atoms with Gasteiger partial charge in [0, 0.05) is 18.5 Å². The fourth-order valence-corrected chi connectivity index (χ4v) is 3.49. The minimum atomic E-state index is -0.675. The average Bonchev–Trinajstić information content (AvgIpc) is 2.60. The number of nitrogens with zero attached hydrogens (tertiary/aromatic N) is 1. The number of halogens is 1. The van der Waals surface area contributed by atoms with E-state index in [-0.39, 0.29) is 12.0 Å². The van der Waals surface area contributed by atoms with Gasteiger partial charge in [0.25, 0.3) is 0 Å². The van der Waals surface area contributed by atoms with Crippen LogP contribution >= 0.6 is 11.6 Å². The first-order valence-electron chi connectivity index (χ1n) is 8.07. The Balaban J connectivity index is 1.61. The maximum Gasteiger partial charge on any atom is 0.179 e. The van der Waals surface area contributed by atoms with Gasteiger partial charge in [-0.1, -0.05) is 18.0 Å². The number of hydrogen-bond donors (Lipinski definition) is 2. The molecular formula is C17H21ClN2O3. The summed E-state index contributed by atoms with van der Waals surface area (Å²) in [5.74, 6) is 1.26. The molecule has 1 aromatic carbocycles. The van der Waals surface area contributed by atoms with Crippen LogP contribution in [0.1, 0.15) is 37.4 Å². The molecule has 6 heteroatoms. The third kappa shape index (κ3) is 3.89. The molecule has 5 nitrogen and oxygen atoms in total. The van der Waals surface area contributed by atoms with Gasteiger partial charge in [0.1, 0.15) is 13.2 Å². The lowest BCUT2D eigenvalue weighted by atomic mass is 9.86. The van der Waals surface area contributed by atoms with Crippen molar-refractivity contribution in [1.29, 1.82) is 5.26 Å². The van der Waals surface area contributed by atoms with Gasteiger partial charge in [0.2, 0.25) is 0 Å². The molecule has 1 aromatic rings. The standard InChI is InChI=1S/C17H21ClN2O3/c18-14-7-12(8-16-17(14)23-5-4-22-16)15(21)10-20-13-3-1-2-11(6-13)9-19/h7-8,11,13,15,20-21H,1-6,10H2/t11-,13+,15-/m1/s1. The van der Waals surface area contributed by atoms with Crippen LogP contribution in [0.4, 0.5) is 0 Å². The lowest BCUT2D eigenvalue weighted by molar-refractivity contribution is 0.157. The Kier molecular flexibility index (Phi) is 5.27. The molecule has 2 aliphatic rings. The Bertz CT molecular complexity index is 602. The number of hydrogen-bond acceptors (Lipinski definition) is 5. The van der Waals surface area contributed by atoms with Gasteiger partial charge < -0.3 is 19.9 Å². The second-order valence-corrected chi connectivity index (χ2v) is 6.55. The quantitative estimate of drug-likeness (QED) is 0.884. The van der Waals surface area contributed by atoms with Crippen LogP contribution in [0.2, 0.25) is 5.02 Å². The largest absolute Gasteiger partial charge is 0.486 e. The predicted molar refractivity (Wildman–Crippen MR) is 86.8 cm³/mol. The highest BCUT2D eigenvalue weighted by molar-refractivity contribution is 6.32. The number of rotatable bonds is 4. The topological polar surface area (TPSA) is 74.5 Å². The molecule has 0 amide bonds. The summed E-state index contributed by atoms with van der Waals surface area (Å²) in [6.07, 6.45) is 3.26. The second kappa shape index (κ2) is 7.39. The number of ether oxygens (including phenoxy) is 2. The zero-order valence-corrected chi connectivity index (χ0v) is 13.7. The van der Waals surface area contributed by atoms with E-state index in [1.54, 1.807) is 12.1 Å². The van der Waals surface area contributed by atoms with Crippen LogP contribution in [0.5, 0.6) is 11.5 Å². The van der Waals surface area contributed by atoms with Gasteiger partial charge in [0.15, 0.2) is 11.5 Å². The molecule has 1 aliphatic heterocycles. The number of fused-ring (bicyclic) bond motifs is 1. The van der Waals surface area contributed by atoms with E-state index in [1.165, 1.54) is 0 Å². The van der Waals surface area contributed by atoms with Crippen molar-refractivity contribution in [3.63, 3.8) is 0 Å². The molecular weight excluding hydrogens is 316 g/mol. The summed E-state index contributed by atoms with van der Waals surface area (Å²) in [5.41, 5.74) is 0.708. The highest BCUT2D eigenvalue weighted by Gasteiger charge is 2.23. The maximum atomic E-state index is 10.4. The van der Waals surface area contributed by atoms with Crippen LogP contribution < -0.4 is 14.8 Å². The van der Waals surface area contributed by atoms with E-state index in [0.29, 0.717) is 41.8 Å². The summed E-state index contributed by atoms with van der Waals surface area (Å²) in [4.78, 5) is 0. The van der Waals surface area contributed by atoms with Gasteiger partial charge in [-0.05, 0) is 37.0 Å². The van der Waals surface area contributed by atoms with E-state index in [9.17, 15) is 5.11 Å². The van der Waals surface area contributed by atoms with Gasteiger partial charge >= 0.3 is 0 Å². The van der Waals surface area contributed by atoms with E-state index >= 15 is 0 Å². The van der Waals surface area contributed by atoms with Crippen LogP contribution in [0, 0.1) is 17.2 Å². The first-order chi connectivity index (χ1) is 11.2. The van der Waals surface area contributed by atoms with Crippen LogP contribution in [-0.4, -0.2) is 30.9 Å². The lowest BCUT2D eigenvalue weighted by Crippen LogP contribution is -2.36.